The Labute approximate surface area is 113 Å². The zero-order valence-electron chi connectivity index (χ0n) is 11.9. The Bertz CT molecular complexity index is 336. The maximum atomic E-state index is 11.7. The molecule has 0 unspecified atom stereocenters. The molecule has 1 fully saturated rings. The van der Waals surface area contributed by atoms with Gasteiger partial charge >= 0.3 is 12.1 Å². The number of nitrogens with one attached hydrogen (secondary N) is 1. The number of esters is 1. The molecular weight excluding hydrogens is 250 g/mol. The number of hydrogen-bond acceptors (Lipinski definition) is 5. The maximum absolute atomic E-state index is 11.7. The van der Waals surface area contributed by atoms with Crippen molar-refractivity contribution in [1.82, 2.24) is 5.32 Å². The van der Waals surface area contributed by atoms with Crippen LogP contribution in [0, 0.1) is 5.92 Å². The third-order valence-electron chi connectivity index (χ3n) is 3.05. The second kappa shape index (κ2) is 6.23. The van der Waals surface area contributed by atoms with E-state index in [9.17, 15) is 14.7 Å². The number of aliphatic hydroxyl groups is 1. The minimum atomic E-state index is -0.659. The summed E-state index contributed by atoms with van der Waals surface area (Å²) in [5.74, 6) is -0.587. The van der Waals surface area contributed by atoms with Gasteiger partial charge in [-0.15, -0.1) is 0 Å². The quantitative estimate of drug-likeness (QED) is 0.739. The molecule has 3 atom stereocenters. The molecule has 1 saturated carbocycles. The summed E-state index contributed by atoms with van der Waals surface area (Å²) in [6.45, 7) is 5.30. The summed E-state index contributed by atoms with van der Waals surface area (Å²) >= 11 is 0. The molecule has 0 saturated heterocycles. The number of carbonyl (C=O) groups excluding carboxylic acids is 2. The Morgan fingerprint density at radius 3 is 2.42 bits per heavy atom. The Morgan fingerprint density at radius 1 is 1.26 bits per heavy atom. The number of methoxy groups -OCH3 is 1. The summed E-state index contributed by atoms with van der Waals surface area (Å²) in [6, 6.07) is -0.479. The number of rotatable bonds is 2. The highest BCUT2D eigenvalue weighted by Gasteiger charge is 2.35. The van der Waals surface area contributed by atoms with Gasteiger partial charge in [0.15, 0.2) is 0 Å². The highest BCUT2D eigenvalue weighted by molar-refractivity contribution is 5.73. The molecule has 0 radical (unpaired) electrons. The minimum Gasteiger partial charge on any atom is -0.469 e. The average Bonchev–Trinajstić information content (AvgIpc) is 2.28. The van der Waals surface area contributed by atoms with Crippen molar-refractivity contribution in [3.8, 4) is 0 Å². The summed E-state index contributed by atoms with van der Waals surface area (Å²) in [4.78, 5) is 23.1. The SMILES string of the molecule is COC(=O)[C@@H]1CC[C@H](O)[C@@H](NC(=O)OC(C)(C)C)C1. The second-order valence-corrected chi connectivity index (χ2v) is 5.85. The summed E-state index contributed by atoms with van der Waals surface area (Å²) < 4.78 is 9.83. The summed E-state index contributed by atoms with van der Waals surface area (Å²) in [5.41, 5.74) is -0.592. The van der Waals surface area contributed by atoms with Crippen molar-refractivity contribution in [3.63, 3.8) is 0 Å². The lowest BCUT2D eigenvalue weighted by Crippen LogP contribution is -2.49. The maximum Gasteiger partial charge on any atom is 0.407 e. The number of alkyl carbamates (subject to hydrolysis) is 1. The Morgan fingerprint density at radius 2 is 1.89 bits per heavy atom. The minimum absolute atomic E-state index is 0.284. The van der Waals surface area contributed by atoms with E-state index < -0.39 is 23.8 Å². The number of aliphatic hydroxyl groups excluding tert-OH is 1. The lowest BCUT2D eigenvalue weighted by atomic mass is 9.84. The molecule has 0 aromatic carbocycles. The van der Waals surface area contributed by atoms with Crippen molar-refractivity contribution in [2.24, 2.45) is 5.92 Å². The summed E-state index contributed by atoms with van der Waals surface area (Å²) in [7, 11) is 1.34. The monoisotopic (exact) mass is 273 g/mol. The van der Waals surface area contributed by atoms with Gasteiger partial charge in [-0.25, -0.2) is 4.79 Å². The first-order chi connectivity index (χ1) is 8.73. The molecule has 0 spiro atoms. The average molecular weight is 273 g/mol. The molecule has 1 aliphatic rings. The van der Waals surface area contributed by atoms with Crippen molar-refractivity contribution in [2.45, 2.75) is 57.8 Å². The molecule has 6 heteroatoms. The molecule has 0 aliphatic heterocycles. The van der Waals surface area contributed by atoms with Gasteiger partial charge in [-0.3, -0.25) is 4.79 Å². The van der Waals surface area contributed by atoms with Gasteiger partial charge in [0, 0.05) is 0 Å². The van der Waals surface area contributed by atoms with Gasteiger partial charge in [0.2, 0.25) is 0 Å². The zero-order chi connectivity index (χ0) is 14.6. The molecule has 1 aliphatic carbocycles. The van der Waals surface area contributed by atoms with Crippen molar-refractivity contribution < 1.29 is 24.2 Å². The van der Waals surface area contributed by atoms with E-state index in [0.717, 1.165) is 0 Å². The topological polar surface area (TPSA) is 84.9 Å². The molecule has 0 heterocycles. The first kappa shape index (κ1) is 15.8. The molecule has 0 aromatic heterocycles. The number of hydrogen-bond donors (Lipinski definition) is 2. The Balaban J connectivity index is 2.55. The predicted octanol–water partition coefficient (Wildman–Crippen LogP) is 1.21. The molecular formula is C13H23NO5. The normalized spacial score (nSPS) is 27.5. The fourth-order valence-corrected chi connectivity index (χ4v) is 2.15. The van der Waals surface area contributed by atoms with E-state index in [1.54, 1.807) is 20.8 Å². The summed E-state index contributed by atoms with van der Waals surface area (Å²) in [6.07, 6.45) is 0.156. The van der Waals surface area contributed by atoms with E-state index in [0.29, 0.717) is 19.3 Å². The van der Waals surface area contributed by atoms with Crippen LogP contribution < -0.4 is 5.32 Å². The van der Waals surface area contributed by atoms with Crippen molar-refractivity contribution in [2.75, 3.05) is 7.11 Å². The van der Waals surface area contributed by atoms with E-state index in [-0.39, 0.29) is 11.9 Å². The molecule has 19 heavy (non-hydrogen) atoms. The lowest BCUT2D eigenvalue weighted by molar-refractivity contribution is -0.147. The van der Waals surface area contributed by atoms with Crippen molar-refractivity contribution in [3.05, 3.63) is 0 Å². The van der Waals surface area contributed by atoms with Gasteiger partial charge in [-0.05, 0) is 40.0 Å². The lowest BCUT2D eigenvalue weighted by Gasteiger charge is -2.33. The fraction of sp³-hybridized carbons (Fsp3) is 0.846. The van der Waals surface area contributed by atoms with Gasteiger partial charge in [-0.1, -0.05) is 0 Å². The van der Waals surface area contributed by atoms with E-state index in [1.165, 1.54) is 7.11 Å². The third kappa shape index (κ3) is 5.06. The van der Waals surface area contributed by atoms with Crippen molar-refractivity contribution >= 4 is 12.1 Å². The Kier molecular flexibility index (Phi) is 5.17. The predicted molar refractivity (Wildman–Crippen MR) is 68.5 cm³/mol. The number of amides is 1. The van der Waals surface area contributed by atoms with Gasteiger partial charge in [-0.2, -0.15) is 0 Å². The van der Waals surface area contributed by atoms with Gasteiger partial charge in [0.25, 0.3) is 0 Å². The smallest absolute Gasteiger partial charge is 0.407 e. The first-order valence-corrected chi connectivity index (χ1v) is 6.48. The van der Waals surface area contributed by atoms with Gasteiger partial charge in [0.05, 0.1) is 25.2 Å². The van der Waals surface area contributed by atoms with Crippen molar-refractivity contribution in [1.29, 1.82) is 0 Å². The van der Waals surface area contributed by atoms with Crippen LogP contribution in [0.3, 0.4) is 0 Å². The van der Waals surface area contributed by atoms with Gasteiger partial charge < -0.3 is 19.9 Å². The zero-order valence-corrected chi connectivity index (χ0v) is 11.9. The Hall–Kier alpha value is -1.30. The van der Waals surface area contributed by atoms with E-state index in [1.807, 2.05) is 0 Å². The largest absolute Gasteiger partial charge is 0.469 e. The molecule has 6 nitrogen and oxygen atoms in total. The van der Waals surface area contributed by atoms with Crippen LogP contribution >= 0.6 is 0 Å². The molecule has 110 valence electrons. The van der Waals surface area contributed by atoms with E-state index >= 15 is 0 Å². The molecule has 0 bridgehead atoms. The number of ether oxygens (including phenoxy) is 2. The van der Waals surface area contributed by atoms with Crippen LogP contribution in [-0.2, 0) is 14.3 Å². The van der Waals surface area contributed by atoms with E-state index in [4.69, 9.17) is 9.47 Å². The van der Waals surface area contributed by atoms with Crippen LogP contribution in [0.1, 0.15) is 40.0 Å². The van der Waals surface area contributed by atoms with Crippen LogP contribution in [0.5, 0.6) is 0 Å². The summed E-state index contributed by atoms with van der Waals surface area (Å²) in [5, 5.41) is 12.5. The molecule has 0 aromatic rings. The van der Waals surface area contributed by atoms with Crippen LogP contribution in [0.4, 0.5) is 4.79 Å². The molecule has 1 amide bonds. The van der Waals surface area contributed by atoms with Crippen LogP contribution in [-0.4, -0.2) is 42.0 Å². The number of carbonyl (C=O) groups is 2. The van der Waals surface area contributed by atoms with Crippen LogP contribution in [0.15, 0.2) is 0 Å². The van der Waals surface area contributed by atoms with Crippen LogP contribution in [0.2, 0.25) is 0 Å². The first-order valence-electron chi connectivity index (χ1n) is 6.48. The second-order valence-electron chi connectivity index (χ2n) is 5.85. The highest BCUT2D eigenvalue weighted by atomic mass is 16.6. The van der Waals surface area contributed by atoms with E-state index in [2.05, 4.69) is 5.32 Å². The standard InChI is InChI=1S/C13H23NO5/c1-13(2,3)19-12(17)14-9-7-8(11(16)18-4)5-6-10(9)15/h8-10,15H,5-7H2,1-4H3,(H,14,17)/t8-,9+,10+/m1/s1. The van der Waals surface area contributed by atoms with Gasteiger partial charge in [0.1, 0.15) is 5.60 Å². The molecule has 1 rings (SSSR count). The highest BCUT2D eigenvalue weighted by Crippen LogP contribution is 2.26. The fourth-order valence-electron chi connectivity index (χ4n) is 2.15. The van der Waals surface area contributed by atoms with Crippen LogP contribution in [0.25, 0.3) is 0 Å². The third-order valence-corrected chi connectivity index (χ3v) is 3.05. The molecule has 2 N–H and O–H groups in total.